The Bertz CT molecular complexity index is 378. The van der Waals surface area contributed by atoms with Crippen molar-refractivity contribution >= 4 is 11.4 Å². The minimum atomic E-state index is 0.813. The Hall–Kier alpha value is -1.18. The van der Waals surface area contributed by atoms with Gasteiger partial charge in [-0.3, -0.25) is 0 Å². The zero-order valence-corrected chi connectivity index (χ0v) is 11.9. The minimum Gasteiger partial charge on any atom is -0.399 e. The van der Waals surface area contributed by atoms with Crippen LogP contribution in [0.15, 0.2) is 18.2 Å². The Morgan fingerprint density at radius 3 is 2.61 bits per heavy atom. The van der Waals surface area contributed by atoms with Crippen LogP contribution >= 0.6 is 0 Å². The molecule has 1 aliphatic rings. The van der Waals surface area contributed by atoms with Gasteiger partial charge in [0.25, 0.3) is 0 Å². The number of nitrogens with zero attached hydrogens (tertiary/aromatic N) is 1. The predicted molar refractivity (Wildman–Crippen MR) is 80.0 cm³/mol. The zero-order valence-electron chi connectivity index (χ0n) is 11.9. The molecule has 1 aromatic carbocycles. The average molecular weight is 246 g/mol. The van der Waals surface area contributed by atoms with Gasteiger partial charge in [0, 0.05) is 24.5 Å². The maximum atomic E-state index is 5.95. The number of benzene rings is 1. The van der Waals surface area contributed by atoms with Crippen molar-refractivity contribution in [1.29, 1.82) is 0 Å². The summed E-state index contributed by atoms with van der Waals surface area (Å²) in [6, 6.07) is 6.41. The Balaban J connectivity index is 2.09. The van der Waals surface area contributed by atoms with Crippen molar-refractivity contribution in [3.05, 3.63) is 23.8 Å². The molecule has 100 valence electrons. The topological polar surface area (TPSA) is 29.3 Å². The Morgan fingerprint density at radius 2 is 1.94 bits per heavy atom. The molecular weight excluding hydrogens is 220 g/mol. The zero-order chi connectivity index (χ0) is 13.1. The Labute approximate surface area is 111 Å². The van der Waals surface area contributed by atoms with Crippen molar-refractivity contribution in [2.75, 3.05) is 23.7 Å². The number of hydrogen-bond donors (Lipinski definition) is 1. The molecule has 0 spiro atoms. The van der Waals surface area contributed by atoms with Gasteiger partial charge in [-0.25, -0.2) is 0 Å². The normalized spacial score (nSPS) is 21.1. The Morgan fingerprint density at radius 1 is 1.17 bits per heavy atom. The predicted octanol–water partition coefficient (Wildman–Crippen LogP) is 3.84. The van der Waals surface area contributed by atoms with Crippen LogP contribution in [0.2, 0.25) is 0 Å². The fraction of sp³-hybridized carbons (Fsp3) is 0.625. The van der Waals surface area contributed by atoms with E-state index in [1.54, 1.807) is 0 Å². The lowest BCUT2D eigenvalue weighted by Crippen LogP contribution is -2.24. The molecule has 0 radical (unpaired) electrons. The van der Waals surface area contributed by atoms with E-state index in [-0.39, 0.29) is 0 Å². The van der Waals surface area contributed by atoms with E-state index in [1.165, 1.54) is 43.6 Å². The average Bonchev–Trinajstić information content (AvgIpc) is 2.52. The number of hydrogen-bond acceptors (Lipinski definition) is 2. The van der Waals surface area contributed by atoms with E-state index in [1.807, 2.05) is 6.07 Å². The highest BCUT2D eigenvalue weighted by molar-refractivity contribution is 5.58. The van der Waals surface area contributed by atoms with Crippen LogP contribution in [-0.4, -0.2) is 13.1 Å². The van der Waals surface area contributed by atoms with Crippen LogP contribution in [0.1, 0.15) is 38.7 Å². The lowest BCUT2D eigenvalue weighted by Gasteiger charge is -2.24. The van der Waals surface area contributed by atoms with Crippen molar-refractivity contribution in [2.45, 2.75) is 40.0 Å². The van der Waals surface area contributed by atoms with Crippen molar-refractivity contribution in [3.63, 3.8) is 0 Å². The van der Waals surface area contributed by atoms with Crippen LogP contribution in [0, 0.1) is 18.8 Å². The first-order valence-electron chi connectivity index (χ1n) is 7.18. The maximum Gasteiger partial charge on any atom is 0.0389 e. The molecule has 1 saturated heterocycles. The molecule has 1 aromatic rings. The number of nitrogens with two attached hydrogens (primary N) is 1. The number of nitrogen functional groups attached to an aromatic ring is 1. The van der Waals surface area contributed by atoms with Crippen LogP contribution in [-0.2, 0) is 0 Å². The van der Waals surface area contributed by atoms with Gasteiger partial charge in [-0.05, 0) is 61.8 Å². The molecule has 1 atom stereocenters. The molecular formula is C16H26N2. The molecule has 0 bridgehead atoms. The molecule has 1 fully saturated rings. The van der Waals surface area contributed by atoms with Crippen molar-refractivity contribution in [1.82, 2.24) is 0 Å². The highest BCUT2D eigenvalue weighted by Crippen LogP contribution is 2.28. The first-order chi connectivity index (χ1) is 8.56. The maximum absolute atomic E-state index is 5.95. The lowest BCUT2D eigenvalue weighted by molar-refractivity contribution is 0.351. The Kier molecular flexibility index (Phi) is 4.15. The summed E-state index contributed by atoms with van der Waals surface area (Å²) in [4.78, 5) is 2.51. The minimum absolute atomic E-state index is 0.813. The van der Waals surface area contributed by atoms with Crippen LogP contribution in [0.25, 0.3) is 0 Å². The van der Waals surface area contributed by atoms with E-state index >= 15 is 0 Å². The molecule has 0 aliphatic carbocycles. The van der Waals surface area contributed by atoms with Crippen LogP contribution < -0.4 is 10.6 Å². The third-order valence-corrected chi connectivity index (χ3v) is 4.17. The summed E-state index contributed by atoms with van der Waals surface area (Å²) < 4.78 is 0. The van der Waals surface area contributed by atoms with Crippen molar-refractivity contribution < 1.29 is 0 Å². The van der Waals surface area contributed by atoms with Crippen LogP contribution in [0.3, 0.4) is 0 Å². The second kappa shape index (κ2) is 5.64. The third kappa shape index (κ3) is 3.18. The first kappa shape index (κ1) is 13.3. The van der Waals surface area contributed by atoms with Gasteiger partial charge in [-0.15, -0.1) is 0 Å². The molecule has 1 unspecified atom stereocenters. The summed E-state index contributed by atoms with van der Waals surface area (Å²) in [7, 11) is 0. The van der Waals surface area contributed by atoms with Crippen LogP contribution in [0.5, 0.6) is 0 Å². The molecule has 2 nitrogen and oxygen atoms in total. The summed E-state index contributed by atoms with van der Waals surface area (Å²) in [5.41, 5.74) is 9.40. The summed E-state index contributed by atoms with van der Waals surface area (Å²) in [6.07, 6.45) is 3.98. The molecule has 1 heterocycles. The second-order valence-corrected chi connectivity index (χ2v) is 6.02. The van der Waals surface area contributed by atoms with E-state index in [4.69, 9.17) is 5.73 Å². The van der Waals surface area contributed by atoms with Crippen molar-refractivity contribution in [3.8, 4) is 0 Å². The van der Waals surface area contributed by atoms with E-state index in [9.17, 15) is 0 Å². The number of rotatable bonds is 2. The quantitative estimate of drug-likeness (QED) is 0.803. The van der Waals surface area contributed by atoms with E-state index < -0.39 is 0 Å². The molecule has 0 saturated carbocycles. The number of aryl methyl sites for hydroxylation is 1. The molecule has 0 aromatic heterocycles. The highest BCUT2D eigenvalue weighted by Gasteiger charge is 2.19. The summed E-state index contributed by atoms with van der Waals surface area (Å²) in [5.74, 6) is 1.70. The lowest BCUT2D eigenvalue weighted by atomic mass is 9.89. The molecule has 2 N–H and O–H groups in total. The van der Waals surface area contributed by atoms with E-state index in [0.29, 0.717) is 0 Å². The van der Waals surface area contributed by atoms with Gasteiger partial charge >= 0.3 is 0 Å². The molecule has 1 aliphatic heterocycles. The fourth-order valence-corrected chi connectivity index (χ4v) is 3.02. The van der Waals surface area contributed by atoms with E-state index in [0.717, 1.165) is 17.5 Å². The van der Waals surface area contributed by atoms with Gasteiger partial charge in [0.15, 0.2) is 0 Å². The van der Waals surface area contributed by atoms with E-state index in [2.05, 4.69) is 37.8 Å². The molecule has 2 heteroatoms. The highest BCUT2D eigenvalue weighted by atomic mass is 15.1. The summed E-state index contributed by atoms with van der Waals surface area (Å²) in [5, 5.41) is 0. The largest absolute Gasteiger partial charge is 0.399 e. The fourth-order valence-electron chi connectivity index (χ4n) is 3.02. The van der Waals surface area contributed by atoms with Gasteiger partial charge in [0.1, 0.15) is 0 Å². The van der Waals surface area contributed by atoms with Gasteiger partial charge < -0.3 is 10.6 Å². The molecule has 0 amide bonds. The molecule has 2 rings (SSSR count). The van der Waals surface area contributed by atoms with Gasteiger partial charge in [0.05, 0.1) is 0 Å². The summed E-state index contributed by atoms with van der Waals surface area (Å²) >= 11 is 0. The third-order valence-electron chi connectivity index (χ3n) is 4.17. The monoisotopic (exact) mass is 246 g/mol. The second-order valence-electron chi connectivity index (χ2n) is 6.02. The van der Waals surface area contributed by atoms with Crippen molar-refractivity contribution in [2.24, 2.45) is 11.8 Å². The SMILES string of the molecule is Cc1cc(N)cc(N2CCCC(C(C)C)CC2)c1. The number of anilines is 2. The molecule has 18 heavy (non-hydrogen) atoms. The smallest absolute Gasteiger partial charge is 0.0389 e. The van der Waals surface area contributed by atoms with Gasteiger partial charge in [-0.1, -0.05) is 13.8 Å². The standard InChI is InChI=1S/C16H26N2/c1-12(2)14-5-4-7-18(8-6-14)16-10-13(3)9-15(17)11-16/h9-12,14H,4-8,17H2,1-3H3. The van der Waals surface area contributed by atoms with Crippen LogP contribution in [0.4, 0.5) is 11.4 Å². The van der Waals surface area contributed by atoms with Gasteiger partial charge in [-0.2, -0.15) is 0 Å². The van der Waals surface area contributed by atoms with Gasteiger partial charge in [0.2, 0.25) is 0 Å². The summed E-state index contributed by atoms with van der Waals surface area (Å²) in [6.45, 7) is 9.17. The first-order valence-corrected chi connectivity index (χ1v) is 7.18.